The van der Waals surface area contributed by atoms with Crippen molar-refractivity contribution >= 4 is 52.0 Å². The molecule has 4 rings (SSSR count). The van der Waals surface area contributed by atoms with Crippen LogP contribution in [0.15, 0.2) is 77.7 Å². The SMILES string of the molecule is O=C(Oc1ccc(/C=C2\SC(=O)N(c3ccccc3)C2=O)cc1)c1cc([N+](=O)[O-])cc([N+](=O)[O-])c1. The number of esters is 1. The molecule has 12 heteroatoms. The molecule has 0 aliphatic carbocycles. The first-order chi connectivity index (χ1) is 16.7. The van der Waals surface area contributed by atoms with Crippen LogP contribution in [0.1, 0.15) is 15.9 Å². The number of benzene rings is 3. The van der Waals surface area contributed by atoms with Crippen LogP contribution in [0.4, 0.5) is 21.9 Å². The number of amides is 2. The van der Waals surface area contributed by atoms with E-state index in [1.165, 1.54) is 30.3 Å². The number of para-hydroxylation sites is 1. The van der Waals surface area contributed by atoms with Gasteiger partial charge in [0, 0.05) is 12.1 Å². The van der Waals surface area contributed by atoms with E-state index in [4.69, 9.17) is 4.74 Å². The summed E-state index contributed by atoms with van der Waals surface area (Å²) >= 11 is 0.794. The van der Waals surface area contributed by atoms with Crippen molar-refractivity contribution in [2.24, 2.45) is 0 Å². The fourth-order valence-corrected chi connectivity index (χ4v) is 3.98. The number of carbonyl (C=O) groups excluding carboxylic acids is 3. The van der Waals surface area contributed by atoms with Crippen LogP contribution in [0.3, 0.4) is 0 Å². The fraction of sp³-hybridized carbons (Fsp3) is 0. The number of anilines is 1. The van der Waals surface area contributed by atoms with E-state index < -0.39 is 38.3 Å². The van der Waals surface area contributed by atoms with Crippen molar-refractivity contribution in [2.75, 3.05) is 4.90 Å². The Hall–Kier alpha value is -4.84. The Morgan fingerprint density at radius 1 is 0.886 bits per heavy atom. The van der Waals surface area contributed by atoms with Gasteiger partial charge in [0.05, 0.1) is 32.1 Å². The highest BCUT2D eigenvalue weighted by Crippen LogP contribution is 2.35. The molecule has 3 aromatic rings. The molecule has 2 amide bonds. The van der Waals surface area contributed by atoms with Gasteiger partial charge >= 0.3 is 5.97 Å². The van der Waals surface area contributed by atoms with Gasteiger partial charge in [0.15, 0.2) is 0 Å². The standard InChI is InChI=1S/C23H13N3O8S/c27-21-20(35-23(29)24(21)16-4-2-1-3-5-16)10-14-6-8-19(9-7-14)34-22(28)15-11-17(25(30)31)13-18(12-15)26(32)33/h1-13H/b20-10-. The summed E-state index contributed by atoms with van der Waals surface area (Å²) in [5, 5.41) is 21.6. The molecule has 0 bridgehead atoms. The summed E-state index contributed by atoms with van der Waals surface area (Å²) in [5.41, 5.74) is -0.585. The first-order valence-corrected chi connectivity index (χ1v) is 10.6. The van der Waals surface area contributed by atoms with Crippen molar-refractivity contribution in [1.29, 1.82) is 0 Å². The molecule has 1 heterocycles. The molecule has 0 spiro atoms. The molecule has 1 saturated heterocycles. The van der Waals surface area contributed by atoms with Crippen molar-refractivity contribution in [1.82, 2.24) is 0 Å². The predicted octanol–water partition coefficient (Wildman–Crippen LogP) is 4.96. The van der Waals surface area contributed by atoms with Gasteiger partial charge in [-0.15, -0.1) is 0 Å². The second-order valence-corrected chi connectivity index (χ2v) is 8.06. The Labute approximate surface area is 200 Å². The summed E-state index contributed by atoms with van der Waals surface area (Å²) in [6.07, 6.45) is 1.52. The summed E-state index contributed by atoms with van der Waals surface area (Å²) in [7, 11) is 0. The van der Waals surface area contributed by atoms with Crippen molar-refractivity contribution in [3.8, 4) is 5.75 Å². The minimum Gasteiger partial charge on any atom is -0.423 e. The first-order valence-electron chi connectivity index (χ1n) is 9.82. The van der Waals surface area contributed by atoms with Crippen LogP contribution in [0, 0.1) is 20.2 Å². The van der Waals surface area contributed by atoms with Gasteiger partial charge in [0.1, 0.15) is 5.75 Å². The van der Waals surface area contributed by atoms with Gasteiger partial charge in [-0.25, -0.2) is 9.69 Å². The average Bonchev–Trinajstić information content (AvgIpc) is 3.12. The number of ether oxygens (including phenoxy) is 1. The Bertz CT molecular complexity index is 1370. The lowest BCUT2D eigenvalue weighted by atomic mass is 10.1. The molecule has 0 N–H and O–H groups in total. The second-order valence-electron chi connectivity index (χ2n) is 7.06. The highest BCUT2D eigenvalue weighted by atomic mass is 32.2. The summed E-state index contributed by atoms with van der Waals surface area (Å²) in [6, 6.07) is 16.9. The molecule has 174 valence electrons. The van der Waals surface area contributed by atoms with Gasteiger partial charge in [0.2, 0.25) is 0 Å². The van der Waals surface area contributed by atoms with Crippen LogP contribution < -0.4 is 9.64 Å². The predicted molar refractivity (Wildman–Crippen MR) is 126 cm³/mol. The topological polar surface area (TPSA) is 150 Å². The molecule has 35 heavy (non-hydrogen) atoms. The lowest BCUT2D eigenvalue weighted by molar-refractivity contribution is -0.394. The molecule has 11 nitrogen and oxygen atoms in total. The molecule has 1 aliphatic rings. The van der Waals surface area contributed by atoms with Crippen LogP contribution in [-0.4, -0.2) is 27.0 Å². The van der Waals surface area contributed by atoms with Gasteiger partial charge in [-0.1, -0.05) is 30.3 Å². The Kier molecular flexibility index (Phi) is 6.38. The fourth-order valence-electron chi connectivity index (χ4n) is 3.14. The van der Waals surface area contributed by atoms with Crippen LogP contribution in [0.25, 0.3) is 6.08 Å². The largest absolute Gasteiger partial charge is 0.423 e. The van der Waals surface area contributed by atoms with Crippen molar-refractivity contribution < 1.29 is 29.0 Å². The van der Waals surface area contributed by atoms with Gasteiger partial charge in [-0.05, 0) is 47.7 Å². The van der Waals surface area contributed by atoms with Crippen LogP contribution >= 0.6 is 11.8 Å². The highest BCUT2D eigenvalue weighted by Gasteiger charge is 2.36. The van der Waals surface area contributed by atoms with Gasteiger partial charge in [0.25, 0.3) is 22.5 Å². The zero-order chi connectivity index (χ0) is 25.1. The van der Waals surface area contributed by atoms with Crippen molar-refractivity contribution in [2.45, 2.75) is 0 Å². The second kappa shape index (κ2) is 9.57. The molecule has 0 unspecified atom stereocenters. The zero-order valence-electron chi connectivity index (χ0n) is 17.5. The minimum atomic E-state index is -1.02. The summed E-state index contributed by atoms with van der Waals surface area (Å²) in [4.78, 5) is 59.0. The summed E-state index contributed by atoms with van der Waals surface area (Å²) in [6.45, 7) is 0. The lowest BCUT2D eigenvalue weighted by Gasteiger charge is -2.11. The first kappa shape index (κ1) is 23.3. The molecule has 1 fully saturated rings. The molecule has 0 aromatic heterocycles. The molecular formula is C23H13N3O8S. The molecular weight excluding hydrogens is 478 g/mol. The maximum absolute atomic E-state index is 12.7. The number of thioether (sulfide) groups is 1. The van der Waals surface area contributed by atoms with E-state index in [1.807, 2.05) is 0 Å². The van der Waals surface area contributed by atoms with E-state index in [-0.39, 0.29) is 16.2 Å². The number of nitro benzene ring substituents is 2. The zero-order valence-corrected chi connectivity index (χ0v) is 18.3. The normalized spacial score (nSPS) is 14.3. The third-order valence-corrected chi connectivity index (χ3v) is 5.63. The number of imide groups is 1. The molecule has 0 atom stereocenters. The molecule has 1 aliphatic heterocycles. The van der Waals surface area contributed by atoms with Crippen LogP contribution in [-0.2, 0) is 4.79 Å². The lowest BCUT2D eigenvalue weighted by Crippen LogP contribution is -2.27. The number of non-ortho nitro benzene ring substituents is 2. The number of hydrogen-bond acceptors (Lipinski definition) is 9. The number of carbonyl (C=O) groups is 3. The maximum Gasteiger partial charge on any atom is 0.344 e. The van der Waals surface area contributed by atoms with Gasteiger partial charge < -0.3 is 4.74 Å². The van der Waals surface area contributed by atoms with Gasteiger partial charge in [-0.2, -0.15) is 0 Å². The van der Waals surface area contributed by atoms with Crippen molar-refractivity contribution in [3.05, 3.63) is 109 Å². The molecule has 0 saturated carbocycles. The van der Waals surface area contributed by atoms with Crippen molar-refractivity contribution in [3.63, 3.8) is 0 Å². The monoisotopic (exact) mass is 491 g/mol. The van der Waals surface area contributed by atoms with E-state index in [2.05, 4.69) is 0 Å². The Morgan fingerprint density at radius 2 is 1.49 bits per heavy atom. The highest BCUT2D eigenvalue weighted by molar-refractivity contribution is 8.19. The summed E-state index contributed by atoms with van der Waals surface area (Å²) < 4.78 is 5.17. The van der Waals surface area contributed by atoms with Crippen LogP contribution in [0.2, 0.25) is 0 Å². The van der Waals surface area contributed by atoms with E-state index >= 15 is 0 Å². The average molecular weight is 491 g/mol. The molecule has 0 radical (unpaired) electrons. The number of hydrogen-bond donors (Lipinski definition) is 0. The minimum absolute atomic E-state index is 0.0682. The van der Waals surface area contributed by atoms with E-state index in [1.54, 1.807) is 30.3 Å². The van der Waals surface area contributed by atoms with E-state index in [0.29, 0.717) is 11.3 Å². The number of nitrogens with zero attached hydrogens (tertiary/aromatic N) is 3. The smallest absolute Gasteiger partial charge is 0.344 e. The third-order valence-electron chi connectivity index (χ3n) is 4.76. The Balaban J connectivity index is 1.50. The Morgan fingerprint density at radius 3 is 2.06 bits per heavy atom. The molecule has 3 aromatic carbocycles. The maximum atomic E-state index is 12.7. The number of nitro groups is 2. The van der Waals surface area contributed by atoms with Crippen LogP contribution in [0.5, 0.6) is 5.75 Å². The third kappa shape index (κ3) is 5.07. The number of rotatable bonds is 6. The summed E-state index contributed by atoms with van der Waals surface area (Å²) in [5.74, 6) is -1.42. The van der Waals surface area contributed by atoms with E-state index in [0.717, 1.165) is 34.9 Å². The quantitative estimate of drug-likeness (QED) is 0.153. The van der Waals surface area contributed by atoms with Gasteiger partial charge in [-0.3, -0.25) is 29.8 Å². The van der Waals surface area contributed by atoms with E-state index in [9.17, 15) is 34.6 Å².